The largest absolute Gasteiger partial charge is 0.507 e. The number of rotatable bonds is 4. The molecule has 0 spiro atoms. The topological polar surface area (TPSA) is 53.0 Å². The first-order valence-corrected chi connectivity index (χ1v) is 8.10. The number of aromatic hydroxyl groups is 1. The van der Waals surface area contributed by atoms with Crippen molar-refractivity contribution in [2.75, 3.05) is 33.3 Å². The molecule has 2 aromatic carbocycles. The fourth-order valence-electron chi connectivity index (χ4n) is 2.94. The zero-order chi connectivity index (χ0) is 16.9. The minimum atomic E-state index is -0.130. The van der Waals surface area contributed by atoms with E-state index in [-0.39, 0.29) is 11.7 Å². The summed E-state index contributed by atoms with van der Waals surface area (Å²) in [6, 6.07) is 15.1. The highest BCUT2D eigenvalue weighted by Gasteiger charge is 2.24. The van der Waals surface area contributed by atoms with Gasteiger partial charge in [-0.1, -0.05) is 30.3 Å². The maximum Gasteiger partial charge on any atom is 0.257 e. The van der Waals surface area contributed by atoms with E-state index in [1.165, 1.54) is 18.7 Å². The number of benzene rings is 2. The van der Waals surface area contributed by atoms with Crippen LogP contribution in [0.4, 0.5) is 0 Å². The van der Waals surface area contributed by atoms with Gasteiger partial charge in [0.1, 0.15) is 11.5 Å². The number of phenols is 1. The van der Waals surface area contributed by atoms with Crippen LogP contribution < -0.4 is 4.74 Å². The van der Waals surface area contributed by atoms with Crippen LogP contribution in [-0.2, 0) is 6.54 Å². The molecule has 1 saturated heterocycles. The second-order valence-corrected chi connectivity index (χ2v) is 5.94. The second kappa shape index (κ2) is 7.36. The summed E-state index contributed by atoms with van der Waals surface area (Å²) in [6.07, 6.45) is 0. The molecule has 0 saturated carbocycles. The van der Waals surface area contributed by atoms with Crippen LogP contribution >= 0.6 is 0 Å². The predicted molar refractivity (Wildman–Crippen MR) is 92.3 cm³/mol. The lowest BCUT2D eigenvalue weighted by molar-refractivity contribution is 0.0625. The van der Waals surface area contributed by atoms with E-state index >= 15 is 0 Å². The van der Waals surface area contributed by atoms with E-state index in [2.05, 4.69) is 17.0 Å². The minimum Gasteiger partial charge on any atom is -0.507 e. The zero-order valence-electron chi connectivity index (χ0n) is 13.8. The molecule has 2 aromatic rings. The molecular weight excluding hydrogens is 304 g/mol. The molecule has 24 heavy (non-hydrogen) atoms. The van der Waals surface area contributed by atoms with E-state index in [1.807, 2.05) is 18.2 Å². The zero-order valence-corrected chi connectivity index (χ0v) is 13.8. The van der Waals surface area contributed by atoms with E-state index < -0.39 is 0 Å². The summed E-state index contributed by atoms with van der Waals surface area (Å²) >= 11 is 0. The van der Waals surface area contributed by atoms with Crippen molar-refractivity contribution in [1.29, 1.82) is 0 Å². The molecule has 1 amide bonds. The lowest BCUT2D eigenvalue weighted by atomic mass is 10.1. The lowest BCUT2D eigenvalue weighted by Crippen LogP contribution is -2.48. The highest BCUT2D eigenvalue weighted by atomic mass is 16.5. The number of methoxy groups -OCH3 is 1. The number of carbonyl (C=O) groups excluding carboxylic acids is 1. The van der Waals surface area contributed by atoms with E-state index in [0.717, 1.165) is 19.6 Å². The van der Waals surface area contributed by atoms with Gasteiger partial charge >= 0.3 is 0 Å². The molecule has 0 bridgehead atoms. The number of phenolic OH excluding ortho intramolecular Hbond substituents is 1. The van der Waals surface area contributed by atoms with Crippen molar-refractivity contribution in [3.63, 3.8) is 0 Å². The number of amides is 1. The van der Waals surface area contributed by atoms with Crippen LogP contribution in [-0.4, -0.2) is 54.1 Å². The van der Waals surface area contributed by atoms with Crippen molar-refractivity contribution >= 4 is 5.91 Å². The van der Waals surface area contributed by atoms with Gasteiger partial charge < -0.3 is 14.7 Å². The Balaban J connectivity index is 1.59. The highest BCUT2D eigenvalue weighted by molar-refractivity contribution is 5.97. The third-order valence-corrected chi connectivity index (χ3v) is 4.34. The number of hydrogen-bond acceptors (Lipinski definition) is 4. The molecule has 3 rings (SSSR count). The van der Waals surface area contributed by atoms with Gasteiger partial charge in [0.05, 0.1) is 12.7 Å². The van der Waals surface area contributed by atoms with Gasteiger partial charge in [0.15, 0.2) is 0 Å². The molecule has 1 heterocycles. The van der Waals surface area contributed by atoms with Gasteiger partial charge in [0.25, 0.3) is 5.91 Å². The molecule has 0 atom stereocenters. The molecule has 0 aromatic heterocycles. The summed E-state index contributed by atoms with van der Waals surface area (Å²) in [7, 11) is 1.53. The maximum absolute atomic E-state index is 12.6. The van der Waals surface area contributed by atoms with Gasteiger partial charge in [-0.25, -0.2) is 0 Å². The first-order chi connectivity index (χ1) is 11.7. The number of nitrogens with zero attached hydrogens (tertiary/aromatic N) is 2. The number of carbonyl (C=O) groups is 1. The standard InChI is InChI=1S/C19H22N2O3/c1-24-16-7-8-17(18(22)13-16)19(23)21-11-9-20(10-12-21)14-15-5-3-2-4-6-15/h2-8,13,22H,9-12,14H2,1H3. The Morgan fingerprint density at radius 1 is 1.08 bits per heavy atom. The second-order valence-electron chi connectivity index (χ2n) is 5.94. The Morgan fingerprint density at radius 3 is 2.42 bits per heavy atom. The first kappa shape index (κ1) is 16.3. The maximum atomic E-state index is 12.6. The van der Waals surface area contributed by atoms with E-state index in [1.54, 1.807) is 17.0 Å². The van der Waals surface area contributed by atoms with Crippen molar-refractivity contribution < 1.29 is 14.6 Å². The fourth-order valence-corrected chi connectivity index (χ4v) is 2.94. The third kappa shape index (κ3) is 3.68. The van der Waals surface area contributed by atoms with Crippen LogP contribution in [0.3, 0.4) is 0 Å². The van der Waals surface area contributed by atoms with Gasteiger partial charge in [-0.15, -0.1) is 0 Å². The molecular formula is C19H22N2O3. The Labute approximate surface area is 142 Å². The van der Waals surface area contributed by atoms with Crippen molar-refractivity contribution in [2.45, 2.75) is 6.54 Å². The van der Waals surface area contributed by atoms with Gasteiger partial charge in [-0.2, -0.15) is 0 Å². The van der Waals surface area contributed by atoms with Crippen LogP contribution in [0.2, 0.25) is 0 Å². The summed E-state index contributed by atoms with van der Waals surface area (Å²) < 4.78 is 5.05. The minimum absolute atomic E-state index is 0.0361. The van der Waals surface area contributed by atoms with Crippen molar-refractivity contribution in [3.05, 3.63) is 59.7 Å². The summed E-state index contributed by atoms with van der Waals surface area (Å²) in [6.45, 7) is 3.89. The number of piperazine rings is 1. The molecule has 1 aliphatic rings. The van der Waals surface area contributed by atoms with Crippen LogP contribution in [0.1, 0.15) is 15.9 Å². The smallest absolute Gasteiger partial charge is 0.257 e. The summed E-state index contributed by atoms with van der Waals surface area (Å²) in [4.78, 5) is 16.7. The Hall–Kier alpha value is -2.53. The average Bonchev–Trinajstić information content (AvgIpc) is 2.62. The van der Waals surface area contributed by atoms with Crippen LogP contribution in [0.25, 0.3) is 0 Å². The third-order valence-electron chi connectivity index (χ3n) is 4.34. The lowest BCUT2D eigenvalue weighted by Gasteiger charge is -2.34. The Morgan fingerprint density at radius 2 is 1.79 bits per heavy atom. The summed E-state index contributed by atoms with van der Waals surface area (Å²) in [5.41, 5.74) is 1.61. The quantitative estimate of drug-likeness (QED) is 0.937. The Bertz CT molecular complexity index is 695. The molecule has 0 aliphatic carbocycles. The van der Waals surface area contributed by atoms with Crippen molar-refractivity contribution in [3.8, 4) is 11.5 Å². The SMILES string of the molecule is COc1ccc(C(=O)N2CCN(Cc3ccccc3)CC2)c(O)c1. The highest BCUT2D eigenvalue weighted by Crippen LogP contribution is 2.25. The van der Waals surface area contributed by atoms with Gasteiger partial charge in [-0.3, -0.25) is 9.69 Å². The van der Waals surface area contributed by atoms with Gasteiger partial charge in [0.2, 0.25) is 0 Å². The van der Waals surface area contributed by atoms with Crippen LogP contribution in [0.5, 0.6) is 11.5 Å². The molecule has 0 unspecified atom stereocenters. The molecule has 1 fully saturated rings. The van der Waals surface area contributed by atoms with Crippen LogP contribution in [0, 0.1) is 0 Å². The monoisotopic (exact) mass is 326 g/mol. The van der Waals surface area contributed by atoms with E-state index in [0.29, 0.717) is 24.4 Å². The molecule has 1 aliphatic heterocycles. The van der Waals surface area contributed by atoms with Crippen molar-refractivity contribution in [2.24, 2.45) is 0 Å². The predicted octanol–water partition coefficient (Wildman–Crippen LogP) is 2.36. The first-order valence-electron chi connectivity index (χ1n) is 8.10. The molecule has 5 nitrogen and oxygen atoms in total. The van der Waals surface area contributed by atoms with Crippen molar-refractivity contribution in [1.82, 2.24) is 9.80 Å². The molecule has 5 heteroatoms. The molecule has 0 radical (unpaired) electrons. The molecule has 1 N–H and O–H groups in total. The normalized spacial score (nSPS) is 15.3. The Kier molecular flexibility index (Phi) is 5.01. The average molecular weight is 326 g/mol. The molecule has 126 valence electrons. The van der Waals surface area contributed by atoms with Gasteiger partial charge in [-0.05, 0) is 17.7 Å². The number of hydrogen-bond donors (Lipinski definition) is 1. The van der Waals surface area contributed by atoms with Gasteiger partial charge in [0, 0.05) is 38.8 Å². The van der Waals surface area contributed by atoms with Crippen LogP contribution in [0.15, 0.2) is 48.5 Å². The summed E-state index contributed by atoms with van der Waals surface area (Å²) in [5, 5.41) is 10.0. The number of ether oxygens (including phenoxy) is 1. The summed E-state index contributed by atoms with van der Waals surface area (Å²) in [5.74, 6) is 0.373. The fraction of sp³-hybridized carbons (Fsp3) is 0.316. The van der Waals surface area contributed by atoms with E-state index in [4.69, 9.17) is 4.74 Å². The van der Waals surface area contributed by atoms with E-state index in [9.17, 15) is 9.90 Å².